The number of likely N-dealkylation sites (tertiary alicyclic amines) is 1. The van der Waals surface area contributed by atoms with E-state index in [4.69, 9.17) is 5.73 Å². The van der Waals surface area contributed by atoms with Crippen molar-refractivity contribution in [3.63, 3.8) is 0 Å². The van der Waals surface area contributed by atoms with E-state index in [2.05, 4.69) is 4.90 Å². The van der Waals surface area contributed by atoms with Gasteiger partial charge in [0.2, 0.25) is 5.78 Å². The number of aliphatic hydroxyl groups excluding tert-OH is 2. The van der Waals surface area contributed by atoms with Crippen LogP contribution in [0.25, 0.3) is 0 Å². The SMILES string of the molecule is CN(C)[C@@H]1C(O)=C(C(N)=O)C(=O)[C@@]2(O)C(O)=C3C(=O)c4c(O)cc(C5CCCN5CC5CC5)c(F)c4C[C@H]3C[C@@H]12. The third-order valence-corrected chi connectivity index (χ3v) is 9.60. The average molecular weight is 556 g/mol. The Labute approximate surface area is 230 Å². The molecular formula is C29H34FN3O7. The number of Topliss-reactive ketones (excluding diaryl/α,β-unsaturated/α-hetero) is 2. The molecule has 1 heterocycles. The zero-order valence-electron chi connectivity index (χ0n) is 22.5. The van der Waals surface area contributed by atoms with E-state index in [9.17, 15) is 34.8 Å². The Morgan fingerprint density at radius 2 is 1.90 bits per heavy atom. The minimum absolute atomic E-state index is 0.0476. The Morgan fingerprint density at radius 1 is 1.20 bits per heavy atom. The molecule has 1 unspecified atom stereocenters. The summed E-state index contributed by atoms with van der Waals surface area (Å²) in [5.74, 6) is -7.38. The average Bonchev–Trinajstić information content (AvgIpc) is 3.58. The molecule has 40 heavy (non-hydrogen) atoms. The number of hydrogen-bond acceptors (Lipinski definition) is 9. The Bertz CT molecular complexity index is 1410. The number of carbonyl (C=O) groups excluding carboxylic acids is 3. The number of phenolic OH excluding ortho intramolecular Hbond substituents is 1. The zero-order valence-corrected chi connectivity index (χ0v) is 22.5. The number of allylic oxidation sites excluding steroid dienone is 1. The monoisotopic (exact) mass is 555 g/mol. The van der Waals surface area contributed by atoms with Crippen LogP contribution in [0.3, 0.4) is 0 Å². The van der Waals surface area contributed by atoms with Crippen molar-refractivity contribution in [1.82, 2.24) is 9.80 Å². The van der Waals surface area contributed by atoms with E-state index in [1.54, 1.807) is 14.1 Å². The molecule has 4 aliphatic carbocycles. The van der Waals surface area contributed by atoms with Crippen LogP contribution in [0.15, 0.2) is 28.7 Å². The summed E-state index contributed by atoms with van der Waals surface area (Å²) in [6.07, 6.45) is 3.82. The van der Waals surface area contributed by atoms with Gasteiger partial charge in [0.1, 0.15) is 28.7 Å². The van der Waals surface area contributed by atoms with Crippen LogP contribution in [0.1, 0.15) is 59.6 Å². The fourth-order valence-corrected chi connectivity index (χ4v) is 7.59. The molecular weight excluding hydrogens is 521 g/mol. The Morgan fingerprint density at radius 3 is 2.52 bits per heavy atom. The molecule has 0 spiro atoms. The molecule has 0 radical (unpaired) electrons. The Balaban J connectivity index is 1.46. The number of benzene rings is 1. The van der Waals surface area contributed by atoms with Gasteiger partial charge < -0.3 is 26.2 Å². The second-order valence-electron chi connectivity index (χ2n) is 12.2. The van der Waals surface area contributed by atoms with Gasteiger partial charge in [0.15, 0.2) is 11.4 Å². The van der Waals surface area contributed by atoms with Crippen molar-refractivity contribution < 1.29 is 39.2 Å². The van der Waals surface area contributed by atoms with Crippen molar-refractivity contribution in [3.05, 3.63) is 51.2 Å². The highest BCUT2D eigenvalue weighted by atomic mass is 19.1. The zero-order chi connectivity index (χ0) is 28.8. The van der Waals surface area contributed by atoms with E-state index in [0.29, 0.717) is 11.5 Å². The van der Waals surface area contributed by atoms with E-state index >= 15 is 4.39 Å². The van der Waals surface area contributed by atoms with Crippen LogP contribution in [0.4, 0.5) is 4.39 Å². The molecule has 10 nitrogen and oxygen atoms in total. The molecule has 1 saturated heterocycles. The summed E-state index contributed by atoms with van der Waals surface area (Å²) >= 11 is 0. The number of amides is 1. The van der Waals surface area contributed by atoms with Crippen molar-refractivity contribution in [3.8, 4) is 5.75 Å². The maximum Gasteiger partial charge on any atom is 0.255 e. The standard InChI is InChI=1S/C29H34FN3O7/c1-32(2)23-16-9-13-8-15-20(18(34)10-14(22(15)30)17-4-3-7-33(17)11-12-5-6-12)24(35)19(13)26(37)29(16,40)27(38)21(25(23)36)28(31)39/h10,12-13,16-17,23,34,36-37,40H,3-9,11H2,1-2H3,(H2,31,39)/t13-,16-,17?,23-,29-/m0/s1. The minimum Gasteiger partial charge on any atom is -0.510 e. The number of hydrogen-bond donors (Lipinski definition) is 5. The summed E-state index contributed by atoms with van der Waals surface area (Å²) in [4.78, 5) is 42.9. The molecule has 1 aromatic rings. The van der Waals surface area contributed by atoms with E-state index in [1.807, 2.05) is 0 Å². The largest absolute Gasteiger partial charge is 0.510 e. The normalized spacial score (nSPS) is 32.4. The Hall–Kier alpha value is -3.28. The quantitative estimate of drug-likeness (QED) is 0.341. The maximum absolute atomic E-state index is 16.2. The third-order valence-electron chi connectivity index (χ3n) is 9.60. The number of aromatic hydroxyl groups is 1. The number of halogens is 1. The van der Waals surface area contributed by atoms with Crippen LogP contribution in [0, 0.1) is 23.6 Å². The number of aliphatic hydroxyl groups is 3. The maximum atomic E-state index is 16.2. The van der Waals surface area contributed by atoms with Crippen molar-refractivity contribution >= 4 is 17.5 Å². The predicted molar refractivity (Wildman–Crippen MR) is 140 cm³/mol. The number of phenols is 1. The molecule has 0 aromatic heterocycles. The molecule has 1 amide bonds. The molecule has 2 fully saturated rings. The van der Waals surface area contributed by atoms with Gasteiger partial charge in [-0.1, -0.05) is 0 Å². The van der Waals surface area contributed by atoms with Gasteiger partial charge in [0.05, 0.1) is 11.6 Å². The highest BCUT2D eigenvalue weighted by molar-refractivity contribution is 6.24. The van der Waals surface area contributed by atoms with Gasteiger partial charge >= 0.3 is 0 Å². The van der Waals surface area contributed by atoms with Crippen LogP contribution >= 0.6 is 0 Å². The molecule has 0 bridgehead atoms. The number of ketones is 2. The molecule has 6 N–H and O–H groups in total. The Kier molecular flexibility index (Phi) is 6.14. The first-order chi connectivity index (χ1) is 18.9. The van der Waals surface area contributed by atoms with Crippen LogP contribution < -0.4 is 5.73 Å². The summed E-state index contributed by atoms with van der Waals surface area (Å²) in [5, 5.41) is 44.9. The van der Waals surface area contributed by atoms with Crippen molar-refractivity contribution in [2.75, 3.05) is 27.2 Å². The molecule has 11 heteroatoms. The molecule has 6 rings (SSSR count). The smallest absolute Gasteiger partial charge is 0.255 e. The number of likely N-dealkylation sites (N-methyl/N-ethyl adjacent to an activating group) is 1. The van der Waals surface area contributed by atoms with Gasteiger partial charge in [-0.2, -0.15) is 0 Å². The lowest BCUT2D eigenvalue weighted by molar-refractivity contribution is -0.148. The van der Waals surface area contributed by atoms with Crippen LogP contribution in [0.5, 0.6) is 5.75 Å². The van der Waals surface area contributed by atoms with E-state index in [-0.39, 0.29) is 35.6 Å². The summed E-state index contributed by atoms with van der Waals surface area (Å²) in [6, 6.07) is -0.0124. The summed E-state index contributed by atoms with van der Waals surface area (Å²) in [6.45, 7) is 1.71. The van der Waals surface area contributed by atoms with Gasteiger partial charge in [0.25, 0.3) is 5.91 Å². The van der Waals surface area contributed by atoms with Crippen molar-refractivity contribution in [2.45, 2.75) is 56.2 Å². The van der Waals surface area contributed by atoms with Gasteiger partial charge in [-0.05, 0) is 77.1 Å². The number of rotatable bonds is 5. The number of nitrogens with two attached hydrogens (primary N) is 1. The number of carbonyl (C=O) groups is 3. The van der Waals surface area contributed by atoms with Gasteiger partial charge in [-0.3, -0.25) is 24.2 Å². The van der Waals surface area contributed by atoms with Gasteiger partial charge in [-0.15, -0.1) is 0 Å². The highest BCUT2D eigenvalue weighted by Gasteiger charge is 2.63. The first-order valence-electron chi connectivity index (χ1n) is 13.8. The predicted octanol–water partition coefficient (Wildman–Crippen LogP) is 1.81. The van der Waals surface area contributed by atoms with Crippen LogP contribution in [-0.4, -0.2) is 86.5 Å². The fourth-order valence-electron chi connectivity index (χ4n) is 7.59. The summed E-state index contributed by atoms with van der Waals surface area (Å²) in [5.41, 5.74) is 1.57. The minimum atomic E-state index is -2.72. The second kappa shape index (κ2) is 9.12. The summed E-state index contributed by atoms with van der Waals surface area (Å²) in [7, 11) is 3.12. The van der Waals surface area contributed by atoms with Crippen LogP contribution in [-0.2, 0) is 16.0 Å². The van der Waals surface area contributed by atoms with E-state index in [0.717, 1.165) is 38.8 Å². The molecule has 1 aromatic carbocycles. The number of primary amides is 1. The van der Waals surface area contributed by atoms with Crippen molar-refractivity contribution in [2.24, 2.45) is 23.5 Å². The molecule has 1 saturated carbocycles. The van der Waals surface area contributed by atoms with Gasteiger partial charge in [-0.25, -0.2) is 4.39 Å². The first kappa shape index (κ1) is 26.9. The molecule has 5 aliphatic rings. The fraction of sp³-hybridized carbons (Fsp3) is 0.552. The first-order valence-corrected chi connectivity index (χ1v) is 13.8. The van der Waals surface area contributed by atoms with Crippen LogP contribution in [0.2, 0.25) is 0 Å². The van der Waals surface area contributed by atoms with E-state index < -0.39 is 69.6 Å². The van der Waals surface area contributed by atoms with Crippen molar-refractivity contribution in [1.29, 1.82) is 0 Å². The topological polar surface area (TPSA) is 165 Å². The number of fused-ring (bicyclic) bond motifs is 3. The molecule has 1 aliphatic heterocycles. The van der Waals surface area contributed by atoms with Gasteiger partial charge in [0, 0.05) is 35.2 Å². The third kappa shape index (κ3) is 3.67. The lowest BCUT2D eigenvalue weighted by atomic mass is 9.58. The van der Waals surface area contributed by atoms with E-state index in [1.165, 1.54) is 11.0 Å². The molecule has 5 atom stereocenters. The number of nitrogens with zero attached hydrogens (tertiary/aromatic N) is 2. The second-order valence-corrected chi connectivity index (χ2v) is 12.2. The highest BCUT2D eigenvalue weighted by Crippen LogP contribution is 2.53. The lowest BCUT2D eigenvalue weighted by Crippen LogP contribution is -2.63. The summed E-state index contributed by atoms with van der Waals surface area (Å²) < 4.78 is 16.2. The molecule has 214 valence electrons. The lowest BCUT2D eigenvalue weighted by Gasteiger charge is -2.50.